The van der Waals surface area contributed by atoms with E-state index in [4.69, 9.17) is 0 Å². The second-order valence-corrected chi connectivity index (χ2v) is 7.03. The fourth-order valence-electron chi connectivity index (χ4n) is 3.67. The van der Waals surface area contributed by atoms with Gasteiger partial charge < -0.3 is 9.88 Å². The van der Waals surface area contributed by atoms with Gasteiger partial charge in [0.2, 0.25) is 0 Å². The van der Waals surface area contributed by atoms with E-state index < -0.39 is 0 Å². The quantitative estimate of drug-likeness (QED) is 0.925. The van der Waals surface area contributed by atoms with Crippen molar-refractivity contribution in [2.24, 2.45) is 7.05 Å². The molecule has 2 aromatic rings. The minimum Gasteiger partial charge on any atom is -0.350 e. The number of fused-ring (bicyclic) bond motifs is 1. The Kier molecular flexibility index (Phi) is 4.79. The zero-order valence-electron chi connectivity index (χ0n) is 15.4. The van der Waals surface area contributed by atoms with Crippen molar-refractivity contribution in [3.8, 4) is 0 Å². The van der Waals surface area contributed by atoms with E-state index in [2.05, 4.69) is 10.4 Å². The van der Waals surface area contributed by atoms with Gasteiger partial charge >= 0.3 is 0 Å². The zero-order chi connectivity index (χ0) is 18.1. The molecule has 0 fully saturated rings. The molecular weight excluding hydrogens is 316 g/mol. The maximum absolute atomic E-state index is 12.6. The van der Waals surface area contributed by atoms with Gasteiger partial charge in [-0.15, -0.1) is 0 Å². The fourth-order valence-corrected chi connectivity index (χ4v) is 3.67. The first-order valence-corrected chi connectivity index (χ1v) is 8.91. The summed E-state index contributed by atoms with van der Waals surface area (Å²) in [5.41, 5.74) is 4.25. The lowest BCUT2D eigenvalue weighted by atomic mass is 9.94. The van der Waals surface area contributed by atoms with Gasteiger partial charge in [0.05, 0.1) is 11.7 Å². The van der Waals surface area contributed by atoms with Gasteiger partial charge in [-0.3, -0.25) is 14.3 Å². The Balaban J connectivity index is 1.76. The third-order valence-electron chi connectivity index (χ3n) is 5.00. The molecule has 0 aliphatic heterocycles. The Morgan fingerprint density at radius 3 is 2.68 bits per heavy atom. The van der Waals surface area contributed by atoms with Crippen LogP contribution in [0.15, 0.2) is 16.9 Å². The summed E-state index contributed by atoms with van der Waals surface area (Å²) in [5.74, 6) is -0.303. The Hall–Kier alpha value is -2.37. The zero-order valence-corrected chi connectivity index (χ0v) is 15.4. The maximum Gasteiger partial charge on any atom is 0.263 e. The highest BCUT2D eigenvalue weighted by Gasteiger charge is 2.20. The number of rotatable bonds is 4. The normalized spacial score (nSPS) is 14.9. The summed E-state index contributed by atoms with van der Waals surface area (Å²) in [5, 5.41) is 7.35. The SMILES string of the molecule is Cc1cc(C)n([C@@H](C)CNC(=O)c2cc3c(n(C)c2=O)CCCC3)n1. The number of aryl methyl sites for hydroxylation is 3. The molecule has 134 valence electrons. The summed E-state index contributed by atoms with van der Waals surface area (Å²) in [6.45, 7) is 6.38. The van der Waals surface area contributed by atoms with Gasteiger partial charge in [-0.2, -0.15) is 5.10 Å². The van der Waals surface area contributed by atoms with Crippen molar-refractivity contribution in [1.82, 2.24) is 19.7 Å². The van der Waals surface area contributed by atoms with E-state index in [0.717, 1.165) is 48.3 Å². The molecule has 0 saturated carbocycles. The van der Waals surface area contributed by atoms with Crippen molar-refractivity contribution in [2.45, 2.75) is 52.5 Å². The largest absolute Gasteiger partial charge is 0.350 e. The summed E-state index contributed by atoms with van der Waals surface area (Å²) in [6, 6.07) is 3.83. The molecule has 2 heterocycles. The predicted molar refractivity (Wildman–Crippen MR) is 97.1 cm³/mol. The molecule has 1 aliphatic rings. The van der Waals surface area contributed by atoms with Crippen LogP contribution in [0.5, 0.6) is 0 Å². The number of pyridine rings is 1. The summed E-state index contributed by atoms with van der Waals surface area (Å²) in [4.78, 5) is 25.1. The topological polar surface area (TPSA) is 68.9 Å². The molecule has 0 radical (unpaired) electrons. The molecule has 3 rings (SSSR count). The molecule has 1 amide bonds. The van der Waals surface area contributed by atoms with E-state index in [9.17, 15) is 9.59 Å². The number of nitrogens with zero attached hydrogens (tertiary/aromatic N) is 3. The molecule has 6 nitrogen and oxygen atoms in total. The highest BCUT2D eigenvalue weighted by Crippen LogP contribution is 2.20. The highest BCUT2D eigenvalue weighted by atomic mass is 16.2. The second kappa shape index (κ2) is 6.86. The lowest BCUT2D eigenvalue weighted by Crippen LogP contribution is -2.37. The summed E-state index contributed by atoms with van der Waals surface area (Å²) >= 11 is 0. The van der Waals surface area contributed by atoms with E-state index in [1.165, 1.54) is 0 Å². The molecule has 25 heavy (non-hydrogen) atoms. The van der Waals surface area contributed by atoms with Gasteiger partial charge in [0.15, 0.2) is 0 Å². The van der Waals surface area contributed by atoms with Crippen LogP contribution in [-0.2, 0) is 19.9 Å². The first-order valence-electron chi connectivity index (χ1n) is 8.91. The third kappa shape index (κ3) is 3.38. The molecule has 1 N–H and O–H groups in total. The summed E-state index contributed by atoms with van der Waals surface area (Å²) < 4.78 is 3.55. The van der Waals surface area contributed by atoms with E-state index >= 15 is 0 Å². The molecule has 0 aromatic carbocycles. The van der Waals surface area contributed by atoms with Crippen molar-refractivity contribution in [3.05, 3.63) is 50.7 Å². The molecule has 1 atom stereocenters. The lowest BCUT2D eigenvalue weighted by molar-refractivity contribution is 0.0945. The second-order valence-electron chi connectivity index (χ2n) is 7.03. The Bertz CT molecular complexity index is 863. The van der Waals surface area contributed by atoms with Crippen LogP contribution >= 0.6 is 0 Å². The molecule has 0 spiro atoms. The van der Waals surface area contributed by atoms with Gasteiger partial charge in [-0.05, 0) is 64.2 Å². The smallest absolute Gasteiger partial charge is 0.263 e. The first kappa shape index (κ1) is 17.5. The standard InChI is InChI=1S/C19H26N4O2/c1-12-9-13(2)23(21-12)14(3)11-20-18(24)16-10-15-7-5-6-8-17(15)22(4)19(16)25/h9-10,14H,5-8,11H2,1-4H3,(H,20,24)/t14-/m0/s1. The minimum absolute atomic E-state index is 0.0270. The number of carbonyl (C=O) groups excluding carboxylic acids is 1. The highest BCUT2D eigenvalue weighted by molar-refractivity contribution is 5.94. The van der Waals surface area contributed by atoms with Crippen molar-refractivity contribution in [3.63, 3.8) is 0 Å². The number of aromatic nitrogens is 3. The van der Waals surface area contributed by atoms with E-state index in [1.54, 1.807) is 17.7 Å². The molecule has 0 saturated heterocycles. The van der Waals surface area contributed by atoms with Crippen LogP contribution in [0.4, 0.5) is 0 Å². The van der Waals surface area contributed by atoms with Crippen molar-refractivity contribution in [1.29, 1.82) is 0 Å². The van der Waals surface area contributed by atoms with Crippen molar-refractivity contribution < 1.29 is 4.79 Å². The van der Waals surface area contributed by atoms with Crippen LogP contribution in [0.3, 0.4) is 0 Å². The monoisotopic (exact) mass is 342 g/mol. The van der Waals surface area contributed by atoms with Crippen LogP contribution in [-0.4, -0.2) is 26.8 Å². The number of carbonyl (C=O) groups is 1. The van der Waals surface area contributed by atoms with Crippen LogP contribution in [0.2, 0.25) is 0 Å². The predicted octanol–water partition coefficient (Wildman–Crippen LogP) is 2.07. The van der Waals surface area contributed by atoms with Gasteiger partial charge in [0, 0.05) is 25.0 Å². The molecule has 6 heteroatoms. The number of hydrogen-bond acceptors (Lipinski definition) is 3. The first-order chi connectivity index (χ1) is 11.9. The summed E-state index contributed by atoms with van der Waals surface area (Å²) in [6.07, 6.45) is 4.07. The lowest BCUT2D eigenvalue weighted by Gasteiger charge is -2.20. The number of hydrogen-bond donors (Lipinski definition) is 1. The third-order valence-corrected chi connectivity index (χ3v) is 5.00. The Morgan fingerprint density at radius 2 is 2.00 bits per heavy atom. The van der Waals surface area contributed by atoms with Crippen LogP contribution < -0.4 is 10.9 Å². The van der Waals surface area contributed by atoms with Gasteiger partial charge in [-0.25, -0.2) is 0 Å². The summed E-state index contributed by atoms with van der Waals surface area (Å²) in [7, 11) is 1.77. The van der Waals surface area contributed by atoms with Gasteiger partial charge in [0.1, 0.15) is 5.56 Å². The molecule has 0 bridgehead atoms. The van der Waals surface area contributed by atoms with Crippen molar-refractivity contribution >= 4 is 5.91 Å². The van der Waals surface area contributed by atoms with Crippen LogP contribution in [0, 0.1) is 13.8 Å². The van der Waals surface area contributed by atoms with Crippen LogP contribution in [0.25, 0.3) is 0 Å². The van der Waals surface area contributed by atoms with Gasteiger partial charge in [0.25, 0.3) is 11.5 Å². The van der Waals surface area contributed by atoms with E-state index in [-0.39, 0.29) is 23.1 Å². The van der Waals surface area contributed by atoms with Crippen LogP contribution in [0.1, 0.15) is 58.8 Å². The van der Waals surface area contributed by atoms with E-state index in [0.29, 0.717) is 6.54 Å². The molecule has 2 aromatic heterocycles. The Morgan fingerprint density at radius 1 is 1.28 bits per heavy atom. The van der Waals surface area contributed by atoms with E-state index in [1.807, 2.05) is 31.5 Å². The molecular formula is C19H26N4O2. The average Bonchev–Trinajstić information content (AvgIpc) is 2.94. The molecule has 1 aliphatic carbocycles. The molecule has 0 unspecified atom stereocenters. The Labute approximate surface area is 147 Å². The average molecular weight is 342 g/mol. The van der Waals surface area contributed by atoms with Crippen molar-refractivity contribution in [2.75, 3.05) is 6.54 Å². The fraction of sp³-hybridized carbons (Fsp3) is 0.526. The maximum atomic E-state index is 12.6. The minimum atomic E-state index is -0.303. The number of amides is 1. The number of nitrogens with one attached hydrogen (secondary N) is 1. The van der Waals surface area contributed by atoms with Gasteiger partial charge in [-0.1, -0.05) is 0 Å².